The van der Waals surface area contributed by atoms with Gasteiger partial charge in [0, 0.05) is 11.3 Å². The Hall–Kier alpha value is -2.56. The summed E-state index contributed by atoms with van der Waals surface area (Å²) in [6.07, 6.45) is -0.482. The van der Waals surface area contributed by atoms with E-state index in [1.165, 1.54) is 0 Å². The van der Waals surface area contributed by atoms with E-state index >= 15 is 0 Å². The zero-order chi connectivity index (χ0) is 14.3. The maximum absolute atomic E-state index is 12.2. The Morgan fingerprint density at radius 2 is 1.95 bits per heavy atom. The highest BCUT2D eigenvalue weighted by molar-refractivity contribution is 6.02. The second kappa shape index (κ2) is 4.52. The van der Waals surface area contributed by atoms with Gasteiger partial charge in [0.05, 0.1) is 5.56 Å². The molecule has 1 aliphatic heterocycles. The minimum Gasteiger partial charge on any atom is -0.508 e. The fourth-order valence-corrected chi connectivity index (χ4v) is 2.49. The van der Waals surface area contributed by atoms with Gasteiger partial charge in [0.25, 0.3) is 5.91 Å². The van der Waals surface area contributed by atoms with E-state index in [2.05, 4.69) is 15.6 Å². The number of aryl methyl sites for hydroxylation is 2. The van der Waals surface area contributed by atoms with Gasteiger partial charge in [-0.2, -0.15) is 0 Å². The van der Waals surface area contributed by atoms with Crippen molar-refractivity contribution in [3.05, 3.63) is 52.7 Å². The minimum atomic E-state index is -0.482. The number of anilines is 1. The number of fused-ring (bicyclic) bond motifs is 1. The number of nitrogens with one attached hydrogen (secondary N) is 2. The number of hydrogen-bond acceptors (Lipinski definition) is 4. The molecule has 0 radical (unpaired) electrons. The number of phenols is 1. The molecule has 3 rings (SSSR count). The number of pyridine rings is 1. The van der Waals surface area contributed by atoms with Crippen molar-refractivity contribution < 1.29 is 9.90 Å². The standard InChI is InChI=1S/C15H15N3O2/c1-8-7-9(2)16-14-12(8)15(20)18-13(17-14)10-5-3-4-6-11(10)19/h3-7,13,19H,1-2H3,(H,16,17)(H,18,20). The van der Waals surface area contributed by atoms with Crippen molar-refractivity contribution in [2.24, 2.45) is 0 Å². The summed E-state index contributed by atoms with van der Waals surface area (Å²) in [4.78, 5) is 16.6. The highest BCUT2D eigenvalue weighted by atomic mass is 16.3. The second-order valence-corrected chi connectivity index (χ2v) is 4.91. The van der Waals surface area contributed by atoms with Gasteiger partial charge in [-0.15, -0.1) is 0 Å². The highest BCUT2D eigenvalue weighted by Gasteiger charge is 2.28. The molecule has 102 valence electrons. The summed E-state index contributed by atoms with van der Waals surface area (Å²) in [6.45, 7) is 3.77. The normalized spacial score (nSPS) is 17.1. The summed E-state index contributed by atoms with van der Waals surface area (Å²) in [5.41, 5.74) is 2.91. The quantitative estimate of drug-likeness (QED) is 0.742. The average Bonchev–Trinajstić information content (AvgIpc) is 2.37. The van der Waals surface area contributed by atoms with Crippen LogP contribution < -0.4 is 10.6 Å². The Morgan fingerprint density at radius 1 is 1.20 bits per heavy atom. The molecule has 0 saturated carbocycles. The predicted octanol–water partition coefficient (Wildman–Crippen LogP) is 2.26. The average molecular weight is 269 g/mol. The molecule has 5 nitrogen and oxygen atoms in total. The van der Waals surface area contributed by atoms with Crippen LogP contribution in [0.4, 0.5) is 5.82 Å². The first-order chi connectivity index (χ1) is 9.56. The first kappa shape index (κ1) is 12.5. The summed E-state index contributed by atoms with van der Waals surface area (Å²) in [5.74, 6) is 0.509. The molecule has 1 unspecified atom stereocenters. The van der Waals surface area contributed by atoms with Crippen molar-refractivity contribution in [1.82, 2.24) is 10.3 Å². The van der Waals surface area contributed by atoms with Crippen LogP contribution in [-0.2, 0) is 0 Å². The third kappa shape index (κ3) is 1.97. The number of aromatic nitrogens is 1. The third-order valence-electron chi connectivity index (χ3n) is 3.38. The smallest absolute Gasteiger partial charge is 0.257 e. The van der Waals surface area contributed by atoms with E-state index in [-0.39, 0.29) is 11.7 Å². The van der Waals surface area contributed by atoms with Crippen LogP contribution in [0.1, 0.15) is 33.3 Å². The number of carbonyl (C=O) groups is 1. The van der Waals surface area contributed by atoms with E-state index in [1.54, 1.807) is 18.2 Å². The molecular weight excluding hydrogens is 254 g/mol. The number of hydrogen-bond donors (Lipinski definition) is 3. The summed E-state index contributed by atoms with van der Waals surface area (Å²) in [6, 6.07) is 8.78. The van der Waals surface area contributed by atoms with E-state index in [0.29, 0.717) is 16.9 Å². The lowest BCUT2D eigenvalue weighted by atomic mass is 10.0. The highest BCUT2D eigenvalue weighted by Crippen LogP contribution is 2.30. The zero-order valence-electron chi connectivity index (χ0n) is 11.3. The van der Waals surface area contributed by atoms with Crippen molar-refractivity contribution in [3.8, 4) is 5.75 Å². The Balaban J connectivity index is 2.05. The number of aromatic hydroxyl groups is 1. The van der Waals surface area contributed by atoms with E-state index < -0.39 is 6.17 Å². The fourth-order valence-electron chi connectivity index (χ4n) is 2.49. The maximum atomic E-state index is 12.2. The first-order valence-electron chi connectivity index (χ1n) is 6.40. The van der Waals surface area contributed by atoms with E-state index in [4.69, 9.17) is 0 Å². The summed E-state index contributed by atoms with van der Waals surface area (Å²) in [5, 5.41) is 15.9. The van der Waals surface area contributed by atoms with Gasteiger partial charge in [-0.25, -0.2) is 4.98 Å². The van der Waals surface area contributed by atoms with E-state index in [1.807, 2.05) is 26.0 Å². The zero-order valence-corrected chi connectivity index (χ0v) is 11.3. The molecule has 1 amide bonds. The molecule has 2 aromatic rings. The van der Waals surface area contributed by atoms with Crippen LogP contribution in [0.25, 0.3) is 0 Å². The number of rotatable bonds is 1. The summed E-state index contributed by atoms with van der Waals surface area (Å²) >= 11 is 0. The molecule has 20 heavy (non-hydrogen) atoms. The number of nitrogens with zero attached hydrogens (tertiary/aromatic N) is 1. The molecule has 2 heterocycles. The molecule has 0 bridgehead atoms. The van der Waals surface area contributed by atoms with Gasteiger partial charge in [0.1, 0.15) is 17.7 Å². The number of para-hydroxylation sites is 1. The Labute approximate surface area is 116 Å². The molecule has 1 aliphatic rings. The van der Waals surface area contributed by atoms with Gasteiger partial charge in [-0.3, -0.25) is 4.79 Å². The van der Waals surface area contributed by atoms with Crippen LogP contribution in [0, 0.1) is 13.8 Å². The van der Waals surface area contributed by atoms with Crippen molar-refractivity contribution in [3.63, 3.8) is 0 Å². The van der Waals surface area contributed by atoms with Crippen molar-refractivity contribution in [1.29, 1.82) is 0 Å². The molecule has 0 fully saturated rings. The monoisotopic (exact) mass is 269 g/mol. The molecule has 1 aromatic carbocycles. The van der Waals surface area contributed by atoms with Crippen LogP contribution in [0.5, 0.6) is 5.75 Å². The third-order valence-corrected chi connectivity index (χ3v) is 3.38. The number of carbonyl (C=O) groups excluding carboxylic acids is 1. The van der Waals surface area contributed by atoms with Gasteiger partial charge in [-0.05, 0) is 31.5 Å². The Morgan fingerprint density at radius 3 is 2.70 bits per heavy atom. The largest absolute Gasteiger partial charge is 0.508 e. The van der Waals surface area contributed by atoms with Gasteiger partial charge < -0.3 is 15.7 Å². The number of phenolic OH excluding ortho intramolecular Hbond substituents is 1. The predicted molar refractivity (Wildman–Crippen MR) is 75.6 cm³/mol. The molecule has 5 heteroatoms. The van der Waals surface area contributed by atoms with Crippen molar-refractivity contribution in [2.45, 2.75) is 20.0 Å². The van der Waals surface area contributed by atoms with Crippen LogP contribution in [0.3, 0.4) is 0 Å². The first-order valence-corrected chi connectivity index (χ1v) is 6.40. The SMILES string of the molecule is Cc1cc(C)c2c(n1)NC(c1ccccc1O)NC2=O. The van der Waals surface area contributed by atoms with Gasteiger partial charge in [-0.1, -0.05) is 18.2 Å². The molecule has 1 aromatic heterocycles. The fraction of sp³-hybridized carbons (Fsp3) is 0.200. The molecular formula is C15H15N3O2. The number of benzene rings is 1. The lowest BCUT2D eigenvalue weighted by molar-refractivity contribution is 0.0934. The number of amides is 1. The lowest BCUT2D eigenvalue weighted by Gasteiger charge is -2.28. The van der Waals surface area contributed by atoms with Crippen LogP contribution in [0.15, 0.2) is 30.3 Å². The van der Waals surface area contributed by atoms with E-state index in [9.17, 15) is 9.90 Å². The van der Waals surface area contributed by atoms with Gasteiger partial charge in [0.15, 0.2) is 0 Å². The van der Waals surface area contributed by atoms with Crippen molar-refractivity contribution >= 4 is 11.7 Å². The van der Waals surface area contributed by atoms with Gasteiger partial charge >= 0.3 is 0 Å². The minimum absolute atomic E-state index is 0.137. The molecule has 0 saturated heterocycles. The lowest BCUT2D eigenvalue weighted by Crippen LogP contribution is -2.39. The van der Waals surface area contributed by atoms with Crippen LogP contribution >= 0.6 is 0 Å². The Kier molecular flexibility index (Phi) is 2.82. The molecule has 3 N–H and O–H groups in total. The van der Waals surface area contributed by atoms with Crippen molar-refractivity contribution in [2.75, 3.05) is 5.32 Å². The maximum Gasteiger partial charge on any atom is 0.257 e. The van der Waals surface area contributed by atoms with E-state index in [0.717, 1.165) is 11.3 Å². The summed E-state index contributed by atoms with van der Waals surface area (Å²) in [7, 11) is 0. The topological polar surface area (TPSA) is 74.2 Å². The summed E-state index contributed by atoms with van der Waals surface area (Å²) < 4.78 is 0. The second-order valence-electron chi connectivity index (χ2n) is 4.91. The molecule has 1 atom stereocenters. The van der Waals surface area contributed by atoms with Crippen LogP contribution in [0.2, 0.25) is 0 Å². The Bertz CT molecular complexity index is 698. The molecule has 0 spiro atoms. The molecule has 0 aliphatic carbocycles. The van der Waals surface area contributed by atoms with Crippen LogP contribution in [-0.4, -0.2) is 16.0 Å². The van der Waals surface area contributed by atoms with Gasteiger partial charge in [0.2, 0.25) is 0 Å².